The molecule has 5 rings (SSSR count). The summed E-state index contributed by atoms with van der Waals surface area (Å²) < 4.78 is 11.8. The molecule has 2 aliphatic rings. The van der Waals surface area contributed by atoms with Gasteiger partial charge < -0.3 is 19.7 Å². The standard InChI is InChI=1S/C23H16ClIN2O4/c24-15-4-2-14(3-5-15)21-22(28)26-18-7-6-16(25)10-17(18)23(29)27(21)11-13-1-8-19-20(9-13)31-12-30-19/h1-10,21H,11-12H2,(H,26,28). The van der Waals surface area contributed by atoms with Gasteiger partial charge in [-0.15, -0.1) is 0 Å². The average molecular weight is 547 g/mol. The molecule has 2 aliphatic heterocycles. The molecule has 2 heterocycles. The van der Waals surface area contributed by atoms with Crippen LogP contribution in [0.5, 0.6) is 11.5 Å². The minimum atomic E-state index is -0.819. The number of anilines is 1. The van der Waals surface area contributed by atoms with Crippen molar-refractivity contribution >= 4 is 51.7 Å². The molecule has 1 unspecified atom stereocenters. The van der Waals surface area contributed by atoms with E-state index in [2.05, 4.69) is 27.9 Å². The number of hydrogen-bond acceptors (Lipinski definition) is 4. The van der Waals surface area contributed by atoms with E-state index in [1.165, 1.54) is 0 Å². The number of carbonyl (C=O) groups is 2. The van der Waals surface area contributed by atoms with E-state index < -0.39 is 6.04 Å². The van der Waals surface area contributed by atoms with Crippen LogP contribution in [-0.2, 0) is 11.3 Å². The lowest BCUT2D eigenvalue weighted by Crippen LogP contribution is -2.38. The summed E-state index contributed by atoms with van der Waals surface area (Å²) in [5.41, 5.74) is 2.47. The predicted octanol–water partition coefficient (Wildman–Crippen LogP) is 5.01. The molecule has 31 heavy (non-hydrogen) atoms. The molecule has 0 fully saturated rings. The zero-order valence-electron chi connectivity index (χ0n) is 16.1. The quantitative estimate of drug-likeness (QED) is 0.469. The largest absolute Gasteiger partial charge is 0.454 e. The van der Waals surface area contributed by atoms with Crippen LogP contribution in [-0.4, -0.2) is 23.5 Å². The first-order chi connectivity index (χ1) is 15.0. The fourth-order valence-electron chi connectivity index (χ4n) is 3.79. The number of rotatable bonds is 3. The lowest BCUT2D eigenvalue weighted by Gasteiger charge is -2.29. The molecule has 0 saturated heterocycles. The molecular formula is C23H16ClIN2O4. The van der Waals surface area contributed by atoms with Crippen LogP contribution in [0.25, 0.3) is 0 Å². The summed E-state index contributed by atoms with van der Waals surface area (Å²) in [4.78, 5) is 28.5. The lowest BCUT2D eigenvalue weighted by atomic mass is 10.0. The highest BCUT2D eigenvalue weighted by molar-refractivity contribution is 14.1. The van der Waals surface area contributed by atoms with Crippen LogP contribution >= 0.6 is 34.2 Å². The second-order valence-corrected chi connectivity index (χ2v) is 8.94. The Morgan fingerprint density at radius 2 is 1.77 bits per heavy atom. The van der Waals surface area contributed by atoms with Crippen LogP contribution in [0, 0.1) is 3.57 Å². The van der Waals surface area contributed by atoms with Crippen LogP contribution in [0.4, 0.5) is 5.69 Å². The van der Waals surface area contributed by atoms with Gasteiger partial charge in [0, 0.05) is 15.1 Å². The number of carbonyl (C=O) groups excluding carboxylic acids is 2. The zero-order valence-corrected chi connectivity index (χ0v) is 19.0. The van der Waals surface area contributed by atoms with Gasteiger partial charge >= 0.3 is 0 Å². The first kappa shape index (κ1) is 20.1. The molecule has 6 nitrogen and oxygen atoms in total. The van der Waals surface area contributed by atoms with Gasteiger partial charge in [-0.2, -0.15) is 0 Å². The van der Waals surface area contributed by atoms with Crippen LogP contribution < -0.4 is 14.8 Å². The Morgan fingerprint density at radius 3 is 2.58 bits per heavy atom. The number of halogens is 2. The third kappa shape index (κ3) is 3.83. The number of benzene rings is 3. The van der Waals surface area contributed by atoms with Crippen LogP contribution in [0.3, 0.4) is 0 Å². The molecule has 2 amide bonds. The summed E-state index contributed by atoms with van der Waals surface area (Å²) in [6.45, 7) is 0.393. The second kappa shape index (κ2) is 8.05. The molecule has 0 bridgehead atoms. The number of amides is 2. The number of nitrogens with one attached hydrogen (secondary N) is 1. The Balaban J connectivity index is 1.60. The molecule has 0 aromatic heterocycles. The van der Waals surface area contributed by atoms with Crippen molar-refractivity contribution in [1.82, 2.24) is 4.90 Å². The third-order valence-corrected chi connectivity index (χ3v) is 6.19. The van der Waals surface area contributed by atoms with Gasteiger partial charge in [-0.05, 0) is 76.2 Å². The minimum Gasteiger partial charge on any atom is -0.454 e. The molecule has 156 valence electrons. The monoisotopic (exact) mass is 546 g/mol. The highest BCUT2D eigenvalue weighted by atomic mass is 127. The van der Waals surface area contributed by atoms with Crippen molar-refractivity contribution in [3.63, 3.8) is 0 Å². The van der Waals surface area contributed by atoms with Crippen LogP contribution in [0.15, 0.2) is 60.7 Å². The van der Waals surface area contributed by atoms with Crippen molar-refractivity contribution in [1.29, 1.82) is 0 Å². The predicted molar refractivity (Wildman–Crippen MR) is 124 cm³/mol. The lowest BCUT2D eigenvalue weighted by molar-refractivity contribution is -0.120. The Labute approximate surface area is 197 Å². The molecular weight excluding hydrogens is 531 g/mol. The molecule has 3 aromatic rings. The van der Waals surface area contributed by atoms with Crippen molar-refractivity contribution in [3.05, 3.63) is 85.9 Å². The van der Waals surface area contributed by atoms with Crippen molar-refractivity contribution < 1.29 is 19.1 Å². The van der Waals surface area contributed by atoms with Gasteiger partial charge in [0.15, 0.2) is 11.5 Å². The number of ether oxygens (including phenoxy) is 2. The fourth-order valence-corrected chi connectivity index (χ4v) is 4.41. The van der Waals surface area contributed by atoms with E-state index in [0.717, 1.165) is 9.13 Å². The van der Waals surface area contributed by atoms with Gasteiger partial charge in [-0.1, -0.05) is 29.8 Å². The topological polar surface area (TPSA) is 67.9 Å². The van der Waals surface area contributed by atoms with Crippen LogP contribution in [0.2, 0.25) is 5.02 Å². The van der Waals surface area contributed by atoms with Gasteiger partial charge in [0.25, 0.3) is 11.8 Å². The average Bonchev–Trinajstić information content (AvgIpc) is 3.20. The van der Waals surface area contributed by atoms with E-state index in [1.54, 1.807) is 41.3 Å². The fraction of sp³-hybridized carbons (Fsp3) is 0.130. The molecule has 1 N–H and O–H groups in total. The van der Waals surface area contributed by atoms with Gasteiger partial charge in [0.2, 0.25) is 6.79 Å². The molecule has 8 heteroatoms. The van der Waals surface area contributed by atoms with E-state index in [4.69, 9.17) is 21.1 Å². The molecule has 1 atom stereocenters. The second-order valence-electron chi connectivity index (χ2n) is 7.25. The Hall–Kier alpha value is -2.78. The maximum absolute atomic E-state index is 13.7. The molecule has 0 radical (unpaired) electrons. The molecule has 0 aliphatic carbocycles. The van der Waals surface area contributed by atoms with Crippen molar-refractivity contribution in [3.8, 4) is 11.5 Å². The Kier molecular flexibility index (Phi) is 5.23. The first-order valence-corrected chi connectivity index (χ1v) is 11.0. The summed E-state index contributed by atoms with van der Waals surface area (Å²) in [5.74, 6) is 0.779. The molecule has 3 aromatic carbocycles. The van der Waals surface area contributed by atoms with E-state index in [0.29, 0.717) is 33.3 Å². The van der Waals surface area contributed by atoms with E-state index in [1.807, 2.05) is 24.3 Å². The summed E-state index contributed by atoms with van der Waals surface area (Å²) in [5, 5.41) is 3.48. The first-order valence-electron chi connectivity index (χ1n) is 9.55. The van der Waals surface area contributed by atoms with E-state index >= 15 is 0 Å². The summed E-state index contributed by atoms with van der Waals surface area (Å²) in [6.07, 6.45) is 0. The maximum Gasteiger partial charge on any atom is 0.257 e. The smallest absolute Gasteiger partial charge is 0.257 e. The summed E-state index contributed by atoms with van der Waals surface area (Å²) in [7, 11) is 0. The van der Waals surface area contributed by atoms with Crippen molar-refractivity contribution in [2.45, 2.75) is 12.6 Å². The summed E-state index contributed by atoms with van der Waals surface area (Å²) >= 11 is 8.21. The van der Waals surface area contributed by atoms with Gasteiger partial charge in [-0.3, -0.25) is 9.59 Å². The van der Waals surface area contributed by atoms with Gasteiger partial charge in [0.1, 0.15) is 6.04 Å². The van der Waals surface area contributed by atoms with Crippen molar-refractivity contribution in [2.24, 2.45) is 0 Å². The summed E-state index contributed by atoms with van der Waals surface area (Å²) in [6, 6.07) is 17.1. The highest BCUT2D eigenvalue weighted by Crippen LogP contribution is 2.36. The SMILES string of the molecule is O=C1Nc2ccc(I)cc2C(=O)N(Cc2ccc3c(c2)OCO3)C1c1ccc(Cl)cc1. The maximum atomic E-state index is 13.7. The molecule has 0 spiro atoms. The van der Waals surface area contributed by atoms with E-state index in [-0.39, 0.29) is 25.2 Å². The molecule has 0 saturated carbocycles. The number of fused-ring (bicyclic) bond motifs is 2. The zero-order chi connectivity index (χ0) is 21.5. The van der Waals surface area contributed by atoms with Gasteiger partial charge in [0.05, 0.1) is 11.3 Å². The van der Waals surface area contributed by atoms with Gasteiger partial charge in [-0.25, -0.2) is 0 Å². The van der Waals surface area contributed by atoms with E-state index in [9.17, 15) is 9.59 Å². The third-order valence-electron chi connectivity index (χ3n) is 5.27. The Morgan fingerprint density at radius 1 is 1.00 bits per heavy atom. The number of hydrogen-bond donors (Lipinski definition) is 1. The minimum absolute atomic E-state index is 0.170. The van der Waals surface area contributed by atoms with Crippen molar-refractivity contribution in [2.75, 3.05) is 12.1 Å². The number of nitrogens with zero attached hydrogens (tertiary/aromatic N) is 1. The van der Waals surface area contributed by atoms with Crippen LogP contribution in [0.1, 0.15) is 27.5 Å². The Bertz CT molecular complexity index is 1200. The normalized spacial score (nSPS) is 17.2. The highest BCUT2D eigenvalue weighted by Gasteiger charge is 2.36.